The molecule has 0 aliphatic heterocycles. The van der Waals surface area contributed by atoms with Gasteiger partial charge in [-0.15, -0.1) is 6.42 Å². The lowest BCUT2D eigenvalue weighted by Crippen LogP contribution is -2.42. The molecule has 1 aromatic carbocycles. The van der Waals surface area contributed by atoms with Crippen molar-refractivity contribution in [3.63, 3.8) is 0 Å². The third kappa shape index (κ3) is 4.31. The number of terminal acetylenes is 1. The molecular formula is C15H16N2O5S. The van der Waals surface area contributed by atoms with Gasteiger partial charge in [0.1, 0.15) is 6.04 Å². The molecule has 1 aromatic rings. The fraction of sp³-hybridized carbons (Fsp3) is 0.333. The molecule has 122 valence electrons. The third-order valence-electron chi connectivity index (χ3n) is 3.44. The minimum atomic E-state index is -3.72. The van der Waals surface area contributed by atoms with Crippen LogP contribution in [0.2, 0.25) is 0 Å². The zero-order valence-corrected chi connectivity index (χ0v) is 13.0. The number of carbonyl (C=O) groups excluding carboxylic acids is 1. The summed E-state index contributed by atoms with van der Waals surface area (Å²) in [4.78, 5) is 23.1. The van der Waals surface area contributed by atoms with Crippen molar-refractivity contribution in [3.05, 3.63) is 29.8 Å². The first-order chi connectivity index (χ1) is 10.8. The minimum absolute atomic E-state index is 0.0266. The standard InChI is InChI=1S/C15H16N2O5S/c1-2-9-16-23(21,22)12-7-5-11(6-8-12)14(18)17-13(15(19)20)10-3-4-10/h1,5-8,10,13,16H,3-4,9H2,(H,17,18)(H,19,20). The van der Waals surface area contributed by atoms with Crippen molar-refractivity contribution < 1.29 is 23.1 Å². The second-order valence-electron chi connectivity index (χ2n) is 5.18. The number of carbonyl (C=O) groups is 2. The van der Waals surface area contributed by atoms with Crippen LogP contribution in [-0.4, -0.2) is 38.0 Å². The van der Waals surface area contributed by atoms with Gasteiger partial charge in [0.05, 0.1) is 11.4 Å². The van der Waals surface area contributed by atoms with E-state index in [2.05, 4.69) is 16.0 Å². The summed E-state index contributed by atoms with van der Waals surface area (Å²) in [6.07, 6.45) is 6.55. The van der Waals surface area contributed by atoms with Gasteiger partial charge in [-0.2, -0.15) is 4.72 Å². The van der Waals surface area contributed by atoms with E-state index in [9.17, 15) is 18.0 Å². The number of amides is 1. The van der Waals surface area contributed by atoms with Crippen molar-refractivity contribution in [2.75, 3.05) is 6.54 Å². The Bertz CT molecular complexity index is 745. The zero-order valence-electron chi connectivity index (χ0n) is 12.2. The summed E-state index contributed by atoms with van der Waals surface area (Å²) in [5.74, 6) is 0.502. The number of sulfonamides is 1. The molecule has 8 heteroatoms. The molecule has 1 unspecified atom stereocenters. The number of rotatable bonds is 7. The van der Waals surface area contributed by atoms with Crippen LogP contribution in [0.4, 0.5) is 0 Å². The molecule has 1 aliphatic carbocycles. The Morgan fingerprint density at radius 1 is 1.30 bits per heavy atom. The van der Waals surface area contributed by atoms with Crippen LogP contribution >= 0.6 is 0 Å². The lowest BCUT2D eigenvalue weighted by Gasteiger charge is -2.13. The summed E-state index contributed by atoms with van der Waals surface area (Å²) in [7, 11) is -3.72. The number of hydrogen-bond acceptors (Lipinski definition) is 4. The normalized spacial score (nSPS) is 15.4. The number of nitrogens with one attached hydrogen (secondary N) is 2. The van der Waals surface area contributed by atoms with Gasteiger partial charge in [-0.25, -0.2) is 13.2 Å². The van der Waals surface area contributed by atoms with E-state index in [1.165, 1.54) is 24.3 Å². The van der Waals surface area contributed by atoms with Gasteiger partial charge in [-0.1, -0.05) is 5.92 Å². The maximum absolute atomic E-state index is 12.1. The Morgan fingerprint density at radius 2 is 1.91 bits per heavy atom. The van der Waals surface area contributed by atoms with Gasteiger partial charge in [0.15, 0.2) is 0 Å². The first-order valence-corrected chi connectivity index (χ1v) is 8.40. The van der Waals surface area contributed by atoms with Gasteiger partial charge in [-0.05, 0) is 43.0 Å². The molecule has 1 atom stereocenters. The summed E-state index contributed by atoms with van der Waals surface area (Å²) in [6, 6.07) is 4.27. The molecule has 1 saturated carbocycles. The van der Waals surface area contributed by atoms with Gasteiger partial charge in [-0.3, -0.25) is 4.79 Å². The summed E-state index contributed by atoms with van der Waals surface area (Å²) in [5, 5.41) is 11.6. The molecular weight excluding hydrogens is 320 g/mol. The van der Waals surface area contributed by atoms with E-state index in [-0.39, 0.29) is 22.9 Å². The Morgan fingerprint density at radius 3 is 2.39 bits per heavy atom. The monoisotopic (exact) mass is 336 g/mol. The first kappa shape index (κ1) is 17.0. The van der Waals surface area contributed by atoms with Gasteiger partial charge in [0.2, 0.25) is 10.0 Å². The molecule has 0 aromatic heterocycles. The average Bonchev–Trinajstić information content (AvgIpc) is 3.35. The summed E-state index contributed by atoms with van der Waals surface area (Å²) < 4.78 is 25.9. The highest BCUT2D eigenvalue weighted by Crippen LogP contribution is 2.32. The van der Waals surface area contributed by atoms with E-state index in [1.807, 2.05) is 0 Å². The van der Waals surface area contributed by atoms with Gasteiger partial charge in [0, 0.05) is 5.56 Å². The number of aliphatic carboxylic acids is 1. The topological polar surface area (TPSA) is 113 Å². The van der Waals surface area contributed by atoms with Crippen molar-refractivity contribution in [1.29, 1.82) is 0 Å². The maximum Gasteiger partial charge on any atom is 0.326 e. The van der Waals surface area contributed by atoms with Gasteiger partial charge in [0.25, 0.3) is 5.91 Å². The lowest BCUT2D eigenvalue weighted by atomic mass is 10.1. The Labute approximate surface area is 134 Å². The van der Waals surface area contributed by atoms with Crippen LogP contribution in [0.25, 0.3) is 0 Å². The predicted molar refractivity (Wildman–Crippen MR) is 82.1 cm³/mol. The van der Waals surface area contributed by atoms with Crippen LogP contribution in [0, 0.1) is 18.3 Å². The quantitative estimate of drug-likeness (QED) is 0.615. The first-order valence-electron chi connectivity index (χ1n) is 6.92. The molecule has 0 heterocycles. The van der Waals surface area contributed by atoms with E-state index in [1.54, 1.807) is 0 Å². The summed E-state index contributed by atoms with van der Waals surface area (Å²) in [6.45, 7) is -0.133. The molecule has 2 rings (SSSR count). The molecule has 0 bridgehead atoms. The third-order valence-corrected chi connectivity index (χ3v) is 4.85. The van der Waals surface area contributed by atoms with Crippen LogP contribution < -0.4 is 10.0 Å². The van der Waals surface area contributed by atoms with Crippen molar-refractivity contribution >= 4 is 21.9 Å². The lowest BCUT2D eigenvalue weighted by molar-refractivity contribution is -0.139. The fourth-order valence-electron chi connectivity index (χ4n) is 2.04. The Balaban J connectivity index is 2.08. The zero-order chi connectivity index (χ0) is 17.0. The molecule has 1 amide bonds. The molecule has 0 radical (unpaired) electrons. The number of carboxylic acids is 1. The van der Waals surface area contributed by atoms with Crippen molar-refractivity contribution in [1.82, 2.24) is 10.0 Å². The maximum atomic E-state index is 12.1. The highest BCUT2D eigenvalue weighted by Gasteiger charge is 2.37. The van der Waals surface area contributed by atoms with Crippen LogP contribution in [-0.2, 0) is 14.8 Å². The van der Waals surface area contributed by atoms with Crippen molar-refractivity contribution in [2.24, 2.45) is 5.92 Å². The van der Waals surface area contributed by atoms with Crippen molar-refractivity contribution in [2.45, 2.75) is 23.8 Å². The molecule has 23 heavy (non-hydrogen) atoms. The number of hydrogen-bond donors (Lipinski definition) is 3. The molecule has 3 N–H and O–H groups in total. The predicted octanol–water partition coefficient (Wildman–Crippen LogP) is 0.191. The van der Waals surface area contributed by atoms with Crippen LogP contribution in [0.1, 0.15) is 23.2 Å². The van der Waals surface area contributed by atoms with Crippen LogP contribution in [0.3, 0.4) is 0 Å². The molecule has 0 spiro atoms. The molecule has 1 aliphatic rings. The van der Waals surface area contributed by atoms with E-state index in [4.69, 9.17) is 11.5 Å². The van der Waals surface area contributed by atoms with E-state index in [0.717, 1.165) is 12.8 Å². The van der Waals surface area contributed by atoms with E-state index >= 15 is 0 Å². The largest absolute Gasteiger partial charge is 0.480 e. The number of benzene rings is 1. The fourth-order valence-corrected chi connectivity index (χ4v) is 2.98. The second-order valence-corrected chi connectivity index (χ2v) is 6.95. The van der Waals surface area contributed by atoms with Crippen LogP contribution in [0.15, 0.2) is 29.2 Å². The smallest absolute Gasteiger partial charge is 0.326 e. The SMILES string of the molecule is C#CCNS(=O)(=O)c1ccc(C(=O)NC(C(=O)O)C2CC2)cc1. The average molecular weight is 336 g/mol. The number of carboxylic acid groups (broad SMARTS) is 1. The van der Waals surface area contributed by atoms with Gasteiger partial charge >= 0.3 is 5.97 Å². The minimum Gasteiger partial charge on any atom is -0.480 e. The summed E-state index contributed by atoms with van der Waals surface area (Å²) >= 11 is 0. The van der Waals surface area contributed by atoms with Crippen molar-refractivity contribution in [3.8, 4) is 12.3 Å². The highest BCUT2D eigenvalue weighted by molar-refractivity contribution is 7.89. The van der Waals surface area contributed by atoms with Crippen LogP contribution in [0.5, 0.6) is 0 Å². The van der Waals surface area contributed by atoms with E-state index in [0.29, 0.717) is 0 Å². The van der Waals surface area contributed by atoms with Gasteiger partial charge < -0.3 is 10.4 Å². The highest BCUT2D eigenvalue weighted by atomic mass is 32.2. The molecule has 7 nitrogen and oxygen atoms in total. The van der Waals surface area contributed by atoms with E-state index < -0.39 is 27.9 Å². The summed E-state index contributed by atoms with van der Waals surface area (Å²) in [5.41, 5.74) is 0.188. The Kier molecular flexibility index (Phi) is 5.03. The molecule has 1 fully saturated rings. The molecule has 0 saturated heterocycles. The Hall–Kier alpha value is -2.37. The second kappa shape index (κ2) is 6.81.